The molecule has 0 aromatic heterocycles. The third-order valence-electron chi connectivity index (χ3n) is 5.09. The van der Waals surface area contributed by atoms with Gasteiger partial charge in [-0.1, -0.05) is 30.1 Å². The molecule has 1 aliphatic heterocycles. The maximum absolute atomic E-state index is 12.3. The lowest BCUT2D eigenvalue weighted by Gasteiger charge is -2.23. The molecule has 1 fully saturated rings. The van der Waals surface area contributed by atoms with Crippen molar-refractivity contribution in [3.8, 4) is 0 Å². The molecular weight excluding hydrogens is 473 g/mol. The lowest BCUT2D eigenvalue weighted by atomic mass is 10.2. The van der Waals surface area contributed by atoms with Gasteiger partial charge in [-0.15, -0.1) is 0 Å². The molecule has 2 aromatic rings. The first-order valence-electron chi connectivity index (χ1n) is 10.3. The molecular formula is C23H23Cl2NO7. The number of esters is 1. The Morgan fingerprint density at radius 2 is 1.52 bits per heavy atom. The fraction of sp³-hybridized carbons (Fsp3) is 0.348. The van der Waals surface area contributed by atoms with Gasteiger partial charge in [0, 0.05) is 29.9 Å². The van der Waals surface area contributed by atoms with Gasteiger partial charge < -0.3 is 14.4 Å². The smallest absolute Gasteiger partial charge is 0.373 e. The first-order chi connectivity index (χ1) is 15.8. The van der Waals surface area contributed by atoms with Crippen molar-refractivity contribution in [2.24, 2.45) is 0 Å². The van der Waals surface area contributed by atoms with Crippen LogP contribution in [-0.4, -0.2) is 54.8 Å². The monoisotopic (exact) mass is 495 g/mol. The fourth-order valence-electron chi connectivity index (χ4n) is 3.17. The van der Waals surface area contributed by atoms with E-state index in [4.69, 9.17) is 42.5 Å². The van der Waals surface area contributed by atoms with E-state index < -0.39 is 30.4 Å². The van der Waals surface area contributed by atoms with Crippen LogP contribution in [0.4, 0.5) is 0 Å². The third-order valence-corrected chi connectivity index (χ3v) is 5.60. The number of nitrogens with zero attached hydrogens (tertiary/aromatic N) is 1. The normalized spacial score (nSPS) is 19.7. The molecule has 1 saturated heterocycles. The van der Waals surface area contributed by atoms with Crippen molar-refractivity contribution in [1.29, 1.82) is 0 Å². The lowest BCUT2D eigenvalue weighted by Crippen LogP contribution is -2.37. The molecule has 1 aliphatic rings. The molecule has 10 heteroatoms. The van der Waals surface area contributed by atoms with E-state index in [1.165, 1.54) is 17.0 Å². The van der Waals surface area contributed by atoms with Crippen LogP contribution in [0.15, 0.2) is 48.5 Å². The lowest BCUT2D eigenvalue weighted by molar-refractivity contribution is -0.283. The Labute approximate surface area is 201 Å². The Hall–Kier alpha value is -2.65. The van der Waals surface area contributed by atoms with E-state index in [1.54, 1.807) is 50.4 Å². The highest BCUT2D eigenvalue weighted by Gasteiger charge is 2.41. The first-order valence-corrected chi connectivity index (χ1v) is 11.0. The van der Waals surface area contributed by atoms with Gasteiger partial charge in [0.1, 0.15) is 25.0 Å². The Kier molecular flexibility index (Phi) is 8.68. The molecule has 0 radical (unpaired) electrons. The molecule has 3 atom stereocenters. The number of amides is 1. The van der Waals surface area contributed by atoms with E-state index >= 15 is 0 Å². The van der Waals surface area contributed by atoms with Crippen molar-refractivity contribution < 1.29 is 33.6 Å². The Morgan fingerprint density at radius 3 is 2.06 bits per heavy atom. The predicted molar refractivity (Wildman–Crippen MR) is 120 cm³/mol. The van der Waals surface area contributed by atoms with E-state index in [1.807, 2.05) is 0 Å². The van der Waals surface area contributed by atoms with Crippen molar-refractivity contribution in [1.82, 2.24) is 4.90 Å². The molecule has 0 spiro atoms. The van der Waals surface area contributed by atoms with Gasteiger partial charge in [0.25, 0.3) is 0 Å². The quantitative estimate of drug-likeness (QED) is 0.306. The summed E-state index contributed by atoms with van der Waals surface area (Å²) >= 11 is 11.7. The number of rotatable bonds is 8. The fourth-order valence-corrected chi connectivity index (χ4v) is 3.42. The van der Waals surface area contributed by atoms with Crippen molar-refractivity contribution in [3.05, 3.63) is 69.7 Å². The average molecular weight is 496 g/mol. The van der Waals surface area contributed by atoms with E-state index in [0.717, 1.165) is 0 Å². The molecule has 8 nitrogen and oxygen atoms in total. The highest BCUT2D eigenvalue weighted by atomic mass is 35.5. The van der Waals surface area contributed by atoms with Gasteiger partial charge in [-0.3, -0.25) is 9.68 Å². The van der Waals surface area contributed by atoms with Crippen LogP contribution in [0.2, 0.25) is 10.0 Å². The zero-order valence-corrected chi connectivity index (χ0v) is 19.5. The number of halogens is 2. The van der Waals surface area contributed by atoms with E-state index in [-0.39, 0.29) is 24.5 Å². The summed E-state index contributed by atoms with van der Waals surface area (Å²) in [7, 11) is 1.61. The van der Waals surface area contributed by atoms with Crippen LogP contribution in [-0.2, 0) is 24.0 Å². The topological polar surface area (TPSA) is 91.4 Å². The number of ether oxygens (including phenoxy) is 2. The zero-order chi connectivity index (χ0) is 24.0. The zero-order valence-electron chi connectivity index (χ0n) is 18.0. The van der Waals surface area contributed by atoms with Gasteiger partial charge in [-0.2, -0.15) is 4.89 Å². The van der Waals surface area contributed by atoms with Crippen molar-refractivity contribution in [3.63, 3.8) is 0 Å². The predicted octanol–water partition coefficient (Wildman–Crippen LogP) is 4.29. The first kappa shape index (κ1) is 25.0. The largest absolute Gasteiger partial charge is 0.459 e. The summed E-state index contributed by atoms with van der Waals surface area (Å²) in [6.45, 7) is 1.57. The second kappa shape index (κ2) is 11.5. The minimum Gasteiger partial charge on any atom is -0.459 e. The highest BCUT2D eigenvalue weighted by molar-refractivity contribution is 6.30. The van der Waals surface area contributed by atoms with Gasteiger partial charge in [0.2, 0.25) is 5.91 Å². The summed E-state index contributed by atoms with van der Waals surface area (Å²) in [5.41, 5.74) is 0.567. The Balaban J connectivity index is 1.64. The van der Waals surface area contributed by atoms with Gasteiger partial charge in [-0.05, 0) is 48.5 Å². The maximum atomic E-state index is 12.3. The van der Waals surface area contributed by atoms with Crippen molar-refractivity contribution >= 4 is 41.0 Å². The molecule has 3 rings (SSSR count). The molecule has 176 valence electrons. The van der Waals surface area contributed by atoms with Gasteiger partial charge in [-0.25, -0.2) is 9.59 Å². The second-order valence-corrected chi connectivity index (χ2v) is 8.21. The van der Waals surface area contributed by atoms with Crippen LogP contribution in [0.1, 0.15) is 40.5 Å². The summed E-state index contributed by atoms with van der Waals surface area (Å²) in [6, 6.07) is 12.3. The number of benzene rings is 2. The summed E-state index contributed by atoms with van der Waals surface area (Å²) in [6.07, 6.45) is -1.65. The molecule has 1 amide bonds. The molecule has 33 heavy (non-hydrogen) atoms. The molecule has 0 bridgehead atoms. The highest BCUT2D eigenvalue weighted by Crippen LogP contribution is 2.27. The van der Waals surface area contributed by atoms with Crippen LogP contribution in [0.3, 0.4) is 0 Å². The molecule has 1 heterocycles. The molecule has 0 aliphatic carbocycles. The van der Waals surface area contributed by atoms with Gasteiger partial charge in [0.15, 0.2) is 0 Å². The molecule has 0 saturated carbocycles. The number of hydrogen-bond acceptors (Lipinski definition) is 7. The molecule has 2 aromatic carbocycles. The molecule has 0 N–H and O–H groups in total. The molecule has 3 unspecified atom stereocenters. The Morgan fingerprint density at radius 1 is 0.970 bits per heavy atom. The summed E-state index contributed by atoms with van der Waals surface area (Å²) in [5, 5.41) is 0.971. The average Bonchev–Trinajstić information content (AvgIpc) is 3.23. The van der Waals surface area contributed by atoms with Crippen LogP contribution >= 0.6 is 23.2 Å². The number of carbonyl (C=O) groups is 3. The minimum atomic E-state index is -0.767. The third kappa shape index (κ3) is 6.68. The van der Waals surface area contributed by atoms with E-state index in [9.17, 15) is 14.4 Å². The van der Waals surface area contributed by atoms with E-state index in [2.05, 4.69) is 0 Å². The maximum Gasteiger partial charge on any atom is 0.373 e. The SMILES string of the molecule is CCC(=O)N(C)C1CC(OOC(=O)c2ccc(Cl)cc2)C(COC(=O)c2ccc(Cl)cc2)O1. The Bertz CT molecular complexity index is 912. The van der Waals surface area contributed by atoms with Crippen LogP contribution in [0.5, 0.6) is 0 Å². The number of hydrogen-bond donors (Lipinski definition) is 0. The van der Waals surface area contributed by atoms with Crippen LogP contribution in [0, 0.1) is 0 Å². The minimum absolute atomic E-state index is 0.129. The van der Waals surface area contributed by atoms with Gasteiger partial charge >= 0.3 is 11.9 Å². The summed E-state index contributed by atoms with van der Waals surface area (Å²) < 4.78 is 11.2. The second-order valence-electron chi connectivity index (χ2n) is 7.34. The van der Waals surface area contributed by atoms with Crippen LogP contribution in [0.25, 0.3) is 0 Å². The number of carbonyl (C=O) groups excluding carboxylic acids is 3. The van der Waals surface area contributed by atoms with Gasteiger partial charge in [0.05, 0.1) is 11.1 Å². The van der Waals surface area contributed by atoms with Crippen molar-refractivity contribution in [2.75, 3.05) is 13.7 Å². The van der Waals surface area contributed by atoms with Crippen molar-refractivity contribution in [2.45, 2.75) is 38.2 Å². The summed E-state index contributed by atoms with van der Waals surface area (Å²) in [4.78, 5) is 48.5. The standard InChI is InChI=1S/C23H23Cl2NO7/c1-3-20(27)26(2)21-12-18(32-33-23(29)15-6-10-17(25)11-7-15)19(31-21)13-30-22(28)14-4-8-16(24)9-5-14/h4-11,18-19,21H,3,12-13H2,1-2H3. The van der Waals surface area contributed by atoms with Crippen LogP contribution < -0.4 is 0 Å². The van der Waals surface area contributed by atoms with E-state index in [0.29, 0.717) is 22.0 Å². The summed E-state index contributed by atoms with van der Waals surface area (Å²) in [5.74, 6) is -1.42.